The molecule has 29 heavy (non-hydrogen) atoms. The number of anilines is 1. The van der Waals surface area contributed by atoms with Crippen molar-refractivity contribution in [3.63, 3.8) is 0 Å². The number of amides is 1. The van der Waals surface area contributed by atoms with Crippen LogP contribution in [0.5, 0.6) is 0 Å². The van der Waals surface area contributed by atoms with E-state index >= 15 is 0 Å². The first-order chi connectivity index (χ1) is 14.0. The van der Waals surface area contributed by atoms with Gasteiger partial charge in [0.2, 0.25) is 0 Å². The molecule has 0 aliphatic rings. The van der Waals surface area contributed by atoms with E-state index in [1.165, 1.54) is 22.7 Å². The summed E-state index contributed by atoms with van der Waals surface area (Å²) in [6.45, 7) is 6.14. The number of carbonyl (C=O) groups is 1. The number of thiazole rings is 2. The van der Waals surface area contributed by atoms with Crippen molar-refractivity contribution >= 4 is 45.9 Å². The summed E-state index contributed by atoms with van der Waals surface area (Å²) in [6.07, 6.45) is 5.31. The number of aromatic nitrogens is 7. The monoisotopic (exact) mass is 444 g/mol. The zero-order chi connectivity index (χ0) is 20.5. The molecule has 148 valence electrons. The van der Waals surface area contributed by atoms with Crippen LogP contribution in [0.4, 0.5) is 5.13 Å². The lowest BCUT2D eigenvalue weighted by Gasteiger charge is -2.01. The molecule has 4 aromatic rings. The van der Waals surface area contributed by atoms with Crippen LogP contribution >= 0.6 is 34.9 Å². The Hall–Kier alpha value is -2.96. The Morgan fingerprint density at radius 3 is 3.00 bits per heavy atom. The molecule has 0 saturated carbocycles. The number of hydrogen-bond acceptors (Lipinski definition) is 8. The largest absolute Gasteiger partial charge is 0.296 e. The van der Waals surface area contributed by atoms with Gasteiger partial charge in [0.25, 0.3) is 5.91 Å². The van der Waals surface area contributed by atoms with Crippen molar-refractivity contribution < 1.29 is 4.79 Å². The lowest BCUT2D eigenvalue weighted by atomic mass is 10.3. The van der Waals surface area contributed by atoms with Crippen LogP contribution in [0.1, 0.15) is 16.2 Å². The number of aromatic amines is 1. The molecule has 0 spiro atoms. The summed E-state index contributed by atoms with van der Waals surface area (Å²) in [5.41, 5.74) is 1.95. The highest BCUT2D eigenvalue weighted by Crippen LogP contribution is 2.32. The van der Waals surface area contributed by atoms with Crippen LogP contribution in [0.3, 0.4) is 0 Å². The molecule has 0 aliphatic heterocycles. The van der Waals surface area contributed by atoms with Crippen molar-refractivity contribution in [3.8, 4) is 21.3 Å². The van der Waals surface area contributed by atoms with Crippen molar-refractivity contribution in [2.24, 2.45) is 7.05 Å². The van der Waals surface area contributed by atoms with Gasteiger partial charge >= 0.3 is 0 Å². The van der Waals surface area contributed by atoms with Crippen molar-refractivity contribution in [3.05, 3.63) is 46.6 Å². The molecule has 4 aromatic heterocycles. The number of H-pyrrole nitrogens is 1. The van der Waals surface area contributed by atoms with E-state index in [9.17, 15) is 4.79 Å². The number of allylic oxidation sites excluding steroid dienone is 1. The van der Waals surface area contributed by atoms with Crippen molar-refractivity contribution in [2.75, 3.05) is 5.32 Å². The molecule has 0 aliphatic carbocycles. The zero-order valence-corrected chi connectivity index (χ0v) is 18.0. The van der Waals surface area contributed by atoms with Crippen LogP contribution in [-0.4, -0.2) is 40.4 Å². The Morgan fingerprint density at radius 1 is 1.45 bits per heavy atom. The molecular formula is C17H16N8OS3. The van der Waals surface area contributed by atoms with Crippen molar-refractivity contribution in [1.82, 2.24) is 34.5 Å². The number of aryl methyl sites for hydroxylation is 2. The molecule has 4 heterocycles. The van der Waals surface area contributed by atoms with Gasteiger partial charge in [-0.25, -0.2) is 9.97 Å². The standard InChI is InChI=1S/C17H16N8OS3/c1-4-5-25-13(22-23-17(25)27)12-9(2)19-16(29-12)21-14(26)11-8-28-15(20-11)10-6-18-24(3)7-10/h4,6-8H,1,5H2,2-3H3,(H,23,27)(H,19,21,26). The number of hydrogen-bond donors (Lipinski definition) is 2. The number of nitrogens with one attached hydrogen (secondary N) is 2. The summed E-state index contributed by atoms with van der Waals surface area (Å²) < 4.78 is 4.02. The fourth-order valence-electron chi connectivity index (χ4n) is 2.65. The summed E-state index contributed by atoms with van der Waals surface area (Å²) in [4.78, 5) is 22.3. The maximum Gasteiger partial charge on any atom is 0.276 e. The minimum Gasteiger partial charge on any atom is -0.296 e. The van der Waals surface area contributed by atoms with Gasteiger partial charge in [-0.2, -0.15) is 10.2 Å². The molecule has 0 atom stereocenters. The predicted molar refractivity (Wildman–Crippen MR) is 116 cm³/mol. The van der Waals surface area contributed by atoms with Crippen LogP contribution in [0.2, 0.25) is 0 Å². The Labute approximate surface area is 178 Å². The molecule has 0 aromatic carbocycles. The molecule has 12 heteroatoms. The Kier molecular flexibility index (Phi) is 5.22. The molecule has 0 bridgehead atoms. The Morgan fingerprint density at radius 2 is 2.28 bits per heavy atom. The maximum absolute atomic E-state index is 12.6. The molecule has 0 unspecified atom stereocenters. The quantitative estimate of drug-likeness (QED) is 0.347. The van der Waals surface area contributed by atoms with E-state index in [0.29, 0.717) is 28.0 Å². The second-order valence-electron chi connectivity index (χ2n) is 6.08. The highest BCUT2D eigenvalue weighted by Gasteiger charge is 2.19. The van der Waals surface area contributed by atoms with Crippen LogP contribution in [-0.2, 0) is 13.6 Å². The number of carbonyl (C=O) groups excluding carboxylic acids is 1. The average Bonchev–Trinajstić information content (AvgIpc) is 3.45. The van der Waals surface area contributed by atoms with Crippen molar-refractivity contribution in [1.29, 1.82) is 0 Å². The van der Waals surface area contributed by atoms with Crippen LogP contribution in [0, 0.1) is 11.7 Å². The second kappa shape index (κ2) is 7.81. The Bertz CT molecular complexity index is 1260. The lowest BCUT2D eigenvalue weighted by molar-refractivity contribution is 0.102. The normalized spacial score (nSPS) is 11.0. The minimum absolute atomic E-state index is 0.318. The van der Waals surface area contributed by atoms with E-state index in [4.69, 9.17) is 12.2 Å². The fourth-order valence-corrected chi connectivity index (χ4v) is 4.59. The summed E-state index contributed by atoms with van der Waals surface area (Å²) in [6, 6.07) is 0. The number of rotatable bonds is 6. The van der Waals surface area contributed by atoms with Crippen LogP contribution < -0.4 is 5.32 Å². The first kappa shape index (κ1) is 19.4. The van der Waals surface area contributed by atoms with E-state index in [1.54, 1.807) is 22.3 Å². The van der Waals surface area contributed by atoms with Gasteiger partial charge in [0.15, 0.2) is 15.7 Å². The summed E-state index contributed by atoms with van der Waals surface area (Å²) in [7, 11) is 1.83. The van der Waals surface area contributed by atoms with Gasteiger partial charge in [-0.05, 0) is 19.1 Å². The SMILES string of the molecule is C=CCn1c(-c2sc(NC(=O)c3csc(-c4cnn(C)c4)n3)nc2C)n[nH]c1=S. The average molecular weight is 445 g/mol. The van der Waals surface area contributed by atoms with E-state index in [2.05, 4.69) is 37.2 Å². The highest BCUT2D eigenvalue weighted by molar-refractivity contribution is 7.71. The topological polar surface area (TPSA) is 106 Å². The molecule has 0 radical (unpaired) electrons. The zero-order valence-electron chi connectivity index (χ0n) is 15.5. The minimum atomic E-state index is -0.318. The Balaban J connectivity index is 1.56. The molecule has 9 nitrogen and oxygen atoms in total. The third-order valence-electron chi connectivity index (χ3n) is 3.98. The second-order valence-corrected chi connectivity index (χ2v) is 8.32. The third-order valence-corrected chi connectivity index (χ3v) is 6.25. The summed E-state index contributed by atoms with van der Waals surface area (Å²) >= 11 is 7.99. The smallest absolute Gasteiger partial charge is 0.276 e. The third kappa shape index (κ3) is 3.81. The van der Waals surface area contributed by atoms with Gasteiger partial charge in [-0.3, -0.25) is 24.5 Å². The van der Waals surface area contributed by atoms with Gasteiger partial charge in [0, 0.05) is 30.7 Å². The first-order valence-electron chi connectivity index (χ1n) is 8.46. The summed E-state index contributed by atoms with van der Waals surface area (Å²) in [5, 5.41) is 16.9. The van der Waals surface area contributed by atoms with Gasteiger partial charge in [-0.15, -0.1) is 17.9 Å². The highest BCUT2D eigenvalue weighted by atomic mass is 32.1. The van der Waals surface area contributed by atoms with E-state index in [-0.39, 0.29) is 5.91 Å². The maximum atomic E-state index is 12.6. The van der Waals surface area contributed by atoms with Gasteiger partial charge in [0.05, 0.1) is 16.8 Å². The summed E-state index contributed by atoms with van der Waals surface area (Å²) in [5.74, 6) is 0.347. The van der Waals surface area contributed by atoms with E-state index < -0.39 is 0 Å². The van der Waals surface area contributed by atoms with E-state index in [0.717, 1.165) is 21.1 Å². The molecular weight excluding hydrogens is 428 g/mol. The van der Waals surface area contributed by atoms with Crippen LogP contribution in [0.15, 0.2) is 30.4 Å². The van der Waals surface area contributed by atoms with Crippen molar-refractivity contribution in [2.45, 2.75) is 13.5 Å². The molecule has 0 fully saturated rings. The molecule has 0 saturated heterocycles. The molecule has 2 N–H and O–H groups in total. The van der Waals surface area contributed by atoms with Gasteiger partial charge in [0.1, 0.15) is 10.7 Å². The molecule has 1 amide bonds. The van der Waals surface area contributed by atoms with Gasteiger partial charge < -0.3 is 0 Å². The number of nitrogens with zero attached hydrogens (tertiary/aromatic N) is 6. The van der Waals surface area contributed by atoms with Gasteiger partial charge in [-0.1, -0.05) is 17.4 Å². The van der Waals surface area contributed by atoms with E-state index in [1.807, 2.05) is 24.7 Å². The lowest BCUT2D eigenvalue weighted by Crippen LogP contribution is -2.12. The van der Waals surface area contributed by atoms with Crippen LogP contribution in [0.25, 0.3) is 21.3 Å². The predicted octanol–water partition coefficient (Wildman–Crippen LogP) is 3.67. The fraction of sp³-hybridized carbons (Fsp3) is 0.176. The first-order valence-corrected chi connectivity index (χ1v) is 10.6. The molecule has 4 rings (SSSR count).